The van der Waals surface area contributed by atoms with Gasteiger partial charge in [0.15, 0.2) is 0 Å². The Labute approximate surface area is 211 Å². The second-order valence-electron chi connectivity index (χ2n) is 7.45. The number of fused-ring (bicyclic) bond motifs is 1. The van der Waals surface area contributed by atoms with Crippen molar-refractivity contribution in [1.82, 2.24) is 3.97 Å². The van der Waals surface area contributed by atoms with Gasteiger partial charge in [-0.2, -0.15) is 0 Å². The summed E-state index contributed by atoms with van der Waals surface area (Å²) >= 11 is 12.4. The minimum absolute atomic E-state index is 0.139. The molecule has 188 valence electrons. The van der Waals surface area contributed by atoms with Gasteiger partial charge in [0, 0.05) is 22.0 Å². The lowest BCUT2D eigenvalue weighted by Crippen LogP contribution is -2.19. The number of carboxylic acids is 1. The van der Waals surface area contributed by atoms with Gasteiger partial charge in [-0.25, -0.2) is 17.2 Å². The molecular weight excluding hydrogens is 546 g/mol. The summed E-state index contributed by atoms with van der Waals surface area (Å²) in [5.41, 5.74) is -1.28. The summed E-state index contributed by atoms with van der Waals surface area (Å²) in [7, 11) is -4.50. The molecule has 13 heteroatoms. The molecule has 0 saturated heterocycles. The summed E-state index contributed by atoms with van der Waals surface area (Å²) in [5.74, 6) is -2.11. The summed E-state index contributed by atoms with van der Waals surface area (Å²) in [5, 5.41) is 20.2. The number of carboxylic acid groups (broad SMARTS) is 1. The van der Waals surface area contributed by atoms with Crippen molar-refractivity contribution >= 4 is 50.1 Å². The van der Waals surface area contributed by atoms with Crippen LogP contribution in [0.4, 0.5) is 13.2 Å². The fourth-order valence-electron chi connectivity index (χ4n) is 3.66. The monoisotopic (exact) mass is 559 g/mol. The number of nitrogens with zero attached hydrogens (tertiary/aromatic N) is 1. The molecule has 2 N–H and O–H groups in total. The van der Waals surface area contributed by atoms with Crippen molar-refractivity contribution in [3.05, 3.63) is 93.6 Å². The zero-order valence-corrected chi connectivity index (χ0v) is 20.0. The number of hydrogen-bond donors (Lipinski definition) is 2. The first kappa shape index (κ1) is 25.8. The molecule has 4 aromatic rings. The summed E-state index contributed by atoms with van der Waals surface area (Å²) in [6, 6.07) is 13.5. The van der Waals surface area contributed by atoms with E-state index in [2.05, 4.69) is 4.74 Å². The number of ether oxygens (including phenoxy) is 1. The number of aromatic nitrogens is 1. The number of aromatic carboxylic acids is 1. The molecule has 4 rings (SSSR count). The second kappa shape index (κ2) is 9.32. The van der Waals surface area contributed by atoms with Gasteiger partial charge in [0.05, 0.1) is 26.7 Å². The minimum Gasteiger partial charge on any atom is -0.478 e. The highest BCUT2D eigenvalue weighted by molar-refractivity contribution is 7.90. The summed E-state index contributed by atoms with van der Waals surface area (Å²) < 4.78 is 70.3. The standard InChI is InChI=1S/C23H14Cl2F3NO6S/c24-16-9-8-15(22(31)32)20(25)19(16)21(30)18-10-12-6-7-13(35-23(26,27)28)11-17(12)29(18)36(33,34)14-4-2-1-3-5-14/h1-11,21,30H,(H,31,32). The molecule has 0 fully saturated rings. The van der Waals surface area contributed by atoms with E-state index < -0.39 is 44.8 Å². The molecule has 0 aliphatic carbocycles. The fourth-order valence-corrected chi connectivity index (χ4v) is 5.88. The summed E-state index contributed by atoms with van der Waals surface area (Å²) in [6.07, 6.45) is -6.92. The van der Waals surface area contributed by atoms with E-state index in [1.165, 1.54) is 42.5 Å². The topological polar surface area (TPSA) is 106 Å². The predicted octanol–water partition coefficient (Wildman–Crippen LogP) is 5.86. The molecule has 0 aliphatic heterocycles. The smallest absolute Gasteiger partial charge is 0.478 e. The van der Waals surface area contributed by atoms with Crippen molar-refractivity contribution < 1.29 is 41.3 Å². The van der Waals surface area contributed by atoms with Crippen LogP contribution in [0, 0.1) is 0 Å². The molecule has 0 amide bonds. The third-order valence-electron chi connectivity index (χ3n) is 5.18. The van der Waals surface area contributed by atoms with Gasteiger partial charge in [0.25, 0.3) is 10.0 Å². The van der Waals surface area contributed by atoms with Gasteiger partial charge in [0.2, 0.25) is 0 Å². The van der Waals surface area contributed by atoms with Crippen LogP contribution in [0.1, 0.15) is 27.7 Å². The molecular formula is C23H14Cl2F3NO6S. The van der Waals surface area contributed by atoms with Crippen LogP contribution >= 0.6 is 23.2 Å². The van der Waals surface area contributed by atoms with Gasteiger partial charge < -0.3 is 14.9 Å². The van der Waals surface area contributed by atoms with Crippen molar-refractivity contribution in [2.75, 3.05) is 0 Å². The fraction of sp³-hybridized carbons (Fsp3) is 0.0870. The van der Waals surface area contributed by atoms with Crippen LogP contribution < -0.4 is 4.74 Å². The van der Waals surface area contributed by atoms with E-state index in [9.17, 15) is 36.6 Å². The van der Waals surface area contributed by atoms with Crippen LogP contribution in [0.15, 0.2) is 71.6 Å². The Balaban J connectivity index is 2.03. The first-order valence-electron chi connectivity index (χ1n) is 9.92. The minimum atomic E-state index is -5.04. The maximum Gasteiger partial charge on any atom is 0.573 e. The number of alkyl halides is 3. The highest BCUT2D eigenvalue weighted by Gasteiger charge is 2.33. The number of aliphatic hydroxyl groups is 1. The molecule has 0 spiro atoms. The quantitative estimate of drug-likeness (QED) is 0.306. The second-order valence-corrected chi connectivity index (χ2v) is 10.0. The molecule has 0 bridgehead atoms. The van der Waals surface area contributed by atoms with Gasteiger partial charge in [-0.15, -0.1) is 13.2 Å². The van der Waals surface area contributed by atoms with E-state index in [-0.39, 0.29) is 32.1 Å². The number of carbonyl (C=O) groups is 1. The normalized spacial score (nSPS) is 13.1. The van der Waals surface area contributed by atoms with Crippen molar-refractivity contribution in [2.24, 2.45) is 0 Å². The maximum absolute atomic E-state index is 13.6. The Morgan fingerprint density at radius 3 is 2.28 bits per heavy atom. The molecule has 1 atom stereocenters. The molecule has 0 saturated carbocycles. The number of benzene rings is 3. The average molecular weight is 560 g/mol. The Kier molecular flexibility index (Phi) is 6.69. The number of hydrogen-bond acceptors (Lipinski definition) is 5. The van der Waals surface area contributed by atoms with Gasteiger partial charge in [0.1, 0.15) is 11.9 Å². The molecule has 0 radical (unpaired) electrons. The van der Waals surface area contributed by atoms with Crippen LogP contribution in [-0.4, -0.2) is 34.9 Å². The van der Waals surface area contributed by atoms with E-state index in [1.807, 2.05) is 0 Å². The molecule has 0 aliphatic rings. The van der Waals surface area contributed by atoms with Crippen LogP contribution in [-0.2, 0) is 10.0 Å². The Morgan fingerprint density at radius 2 is 1.67 bits per heavy atom. The number of halogens is 5. The highest BCUT2D eigenvalue weighted by atomic mass is 35.5. The number of rotatable bonds is 6. The van der Waals surface area contributed by atoms with E-state index >= 15 is 0 Å². The SMILES string of the molecule is O=C(O)c1ccc(Cl)c(C(O)c2cc3ccc(OC(F)(F)F)cc3n2S(=O)(=O)c2ccccc2)c1Cl. The van der Waals surface area contributed by atoms with Gasteiger partial charge in [-0.05, 0) is 42.5 Å². The van der Waals surface area contributed by atoms with Crippen molar-refractivity contribution in [2.45, 2.75) is 17.4 Å². The average Bonchev–Trinajstić information content (AvgIpc) is 3.18. The Hall–Kier alpha value is -3.25. The van der Waals surface area contributed by atoms with E-state index in [0.29, 0.717) is 3.97 Å². The zero-order valence-electron chi connectivity index (χ0n) is 17.7. The summed E-state index contributed by atoms with van der Waals surface area (Å²) in [6.45, 7) is 0. The Bertz CT molecular complexity index is 1590. The first-order valence-corrected chi connectivity index (χ1v) is 12.1. The Morgan fingerprint density at radius 1 is 1.00 bits per heavy atom. The van der Waals surface area contributed by atoms with Crippen molar-refractivity contribution in [3.8, 4) is 5.75 Å². The van der Waals surface area contributed by atoms with Gasteiger partial charge >= 0.3 is 12.3 Å². The van der Waals surface area contributed by atoms with Crippen molar-refractivity contribution in [1.29, 1.82) is 0 Å². The third kappa shape index (κ3) is 4.74. The lowest BCUT2D eigenvalue weighted by molar-refractivity contribution is -0.274. The summed E-state index contributed by atoms with van der Waals surface area (Å²) in [4.78, 5) is 11.3. The van der Waals surface area contributed by atoms with Crippen molar-refractivity contribution in [3.63, 3.8) is 0 Å². The van der Waals surface area contributed by atoms with E-state index in [1.54, 1.807) is 6.07 Å². The van der Waals surface area contributed by atoms with Crippen LogP contribution in [0.3, 0.4) is 0 Å². The van der Waals surface area contributed by atoms with Gasteiger partial charge in [-0.3, -0.25) is 0 Å². The molecule has 1 aromatic heterocycles. The van der Waals surface area contributed by atoms with Crippen LogP contribution in [0.25, 0.3) is 10.9 Å². The molecule has 7 nitrogen and oxygen atoms in total. The maximum atomic E-state index is 13.6. The van der Waals surface area contributed by atoms with Crippen LogP contribution in [0.5, 0.6) is 5.75 Å². The van der Waals surface area contributed by atoms with Gasteiger partial charge in [-0.1, -0.05) is 41.4 Å². The van der Waals surface area contributed by atoms with E-state index in [4.69, 9.17) is 23.2 Å². The lowest BCUT2D eigenvalue weighted by atomic mass is 10.0. The largest absolute Gasteiger partial charge is 0.573 e. The predicted molar refractivity (Wildman–Crippen MR) is 125 cm³/mol. The molecule has 1 unspecified atom stereocenters. The molecule has 36 heavy (non-hydrogen) atoms. The van der Waals surface area contributed by atoms with Crippen LogP contribution in [0.2, 0.25) is 10.0 Å². The number of aliphatic hydroxyl groups excluding tert-OH is 1. The zero-order chi connectivity index (χ0) is 26.4. The first-order chi connectivity index (χ1) is 16.8. The lowest BCUT2D eigenvalue weighted by Gasteiger charge is -2.19. The van der Waals surface area contributed by atoms with E-state index in [0.717, 1.165) is 18.2 Å². The third-order valence-corrected chi connectivity index (χ3v) is 7.68. The molecule has 3 aromatic carbocycles. The molecule has 1 heterocycles. The highest BCUT2D eigenvalue weighted by Crippen LogP contribution is 2.40.